The van der Waals surface area contributed by atoms with Crippen molar-refractivity contribution in [2.45, 2.75) is 6.42 Å². The average molecular weight is 1240 g/mol. The van der Waals surface area contributed by atoms with Crippen LogP contribution in [-0.4, -0.2) is 24.5 Å². The first-order valence-corrected chi connectivity index (χ1v) is 32.1. The molecule has 0 aliphatic heterocycles. The molecule has 1 aliphatic carbocycles. The van der Waals surface area contributed by atoms with Gasteiger partial charge in [0.15, 0.2) is 0 Å². The lowest BCUT2D eigenvalue weighted by Crippen LogP contribution is -2.03. The van der Waals surface area contributed by atoms with Gasteiger partial charge in [-0.3, -0.25) is 4.57 Å². The van der Waals surface area contributed by atoms with Crippen molar-refractivity contribution in [2.24, 2.45) is 0 Å². The van der Waals surface area contributed by atoms with Crippen molar-refractivity contribution in [2.75, 3.05) is 0 Å². The minimum absolute atomic E-state index is 0.190. The zero-order valence-corrected chi connectivity index (χ0v) is 51.3. The highest BCUT2D eigenvalue weighted by Gasteiger charge is 2.28. The van der Waals surface area contributed by atoms with Gasteiger partial charge in [0.2, 0.25) is 22.7 Å². The molecule has 0 spiro atoms. The van der Waals surface area contributed by atoms with Gasteiger partial charge in [0, 0.05) is 60.6 Å². The lowest BCUT2D eigenvalue weighted by atomic mass is 9.99. The minimum atomic E-state index is 0.190. The predicted molar refractivity (Wildman–Crippen MR) is 388 cm³/mol. The van der Waals surface area contributed by atoms with Crippen molar-refractivity contribution in [3.63, 3.8) is 0 Å². The van der Waals surface area contributed by atoms with Crippen LogP contribution in [0.2, 0.25) is 5.28 Å². The second-order valence-electron chi connectivity index (χ2n) is 24.4. The Kier molecular flexibility index (Phi) is 11.7. The summed E-state index contributed by atoms with van der Waals surface area (Å²) in [6, 6.07) is 96.8. The molecule has 444 valence electrons. The number of hydrogen-bond acceptors (Lipinski definition) is 8. The summed E-state index contributed by atoms with van der Waals surface area (Å²) in [6.45, 7) is 0. The summed E-state index contributed by atoms with van der Waals surface area (Å²) in [5, 5.41) is 20.6. The maximum absolute atomic E-state index is 6.57. The number of fused-ring (bicyclic) bond motifs is 26. The number of hydrogen-bond donors (Lipinski definition) is 0. The van der Waals surface area contributed by atoms with E-state index in [9.17, 15) is 0 Å². The second kappa shape index (κ2) is 20.8. The van der Waals surface area contributed by atoms with Gasteiger partial charge < -0.3 is 17.7 Å². The smallest absolute Gasteiger partial charge is 0.238 e. The van der Waals surface area contributed by atoms with Crippen LogP contribution in [0.3, 0.4) is 0 Å². The summed E-state index contributed by atoms with van der Waals surface area (Å²) in [5.74, 6) is 0.550. The third-order valence-corrected chi connectivity index (χ3v) is 19.3. The highest BCUT2D eigenvalue weighted by Crippen LogP contribution is 2.48. The summed E-state index contributed by atoms with van der Waals surface area (Å²) in [7, 11) is 0. The van der Waals surface area contributed by atoms with E-state index >= 15 is 0 Å². The largest absolute Gasteiger partial charge is 0.456 e. The van der Waals surface area contributed by atoms with E-state index < -0.39 is 0 Å². The highest BCUT2D eigenvalue weighted by molar-refractivity contribution is 6.30. The highest BCUT2D eigenvalue weighted by atomic mass is 35.5. The Morgan fingerprint density at radius 1 is 0.284 bits per heavy atom. The van der Waals surface area contributed by atoms with Gasteiger partial charge >= 0.3 is 0 Å². The molecular weight excluding hydrogens is 1190 g/mol. The number of benzene rings is 14. The Hall–Kier alpha value is -12.4. The summed E-state index contributed by atoms with van der Waals surface area (Å²) < 4.78 is 27.3. The Bertz CT molecular complexity index is 6780. The molecule has 95 heavy (non-hydrogen) atoms. The van der Waals surface area contributed by atoms with Crippen LogP contribution in [0.25, 0.3) is 193 Å². The Balaban J connectivity index is 0.000000109. The predicted octanol–water partition coefficient (Wildman–Crippen LogP) is 23.5. The van der Waals surface area contributed by atoms with Crippen molar-refractivity contribution in [1.82, 2.24) is 24.5 Å². The van der Waals surface area contributed by atoms with Crippen LogP contribution in [0.4, 0.5) is 0 Å². The van der Waals surface area contributed by atoms with Crippen molar-refractivity contribution in [3.05, 3.63) is 295 Å². The van der Waals surface area contributed by atoms with E-state index in [-0.39, 0.29) is 5.28 Å². The number of halogens is 1. The lowest BCUT2D eigenvalue weighted by Gasteiger charge is -2.11. The number of nitrogens with zero attached hydrogens (tertiary/aromatic N) is 5. The summed E-state index contributed by atoms with van der Waals surface area (Å²) in [6.07, 6.45) is 0.963. The molecule has 0 radical (unpaired) electrons. The van der Waals surface area contributed by atoms with Gasteiger partial charge in [0.05, 0.1) is 38.6 Å². The minimum Gasteiger partial charge on any atom is -0.456 e. The van der Waals surface area contributed by atoms with Gasteiger partial charge in [-0.05, 0) is 126 Å². The molecule has 0 amide bonds. The molecule has 22 rings (SSSR count). The van der Waals surface area contributed by atoms with Crippen LogP contribution in [0, 0.1) is 0 Å². The molecule has 0 saturated carbocycles. The fraction of sp³-hybridized carbons (Fsp3) is 0.0118. The van der Waals surface area contributed by atoms with E-state index in [0.717, 1.165) is 133 Å². The molecule has 21 aromatic rings. The van der Waals surface area contributed by atoms with Gasteiger partial charge in [-0.2, -0.15) is 9.97 Å². The molecule has 0 saturated heterocycles. The van der Waals surface area contributed by atoms with E-state index in [1.165, 1.54) is 60.0 Å². The molecule has 0 atom stereocenters. The van der Waals surface area contributed by atoms with Gasteiger partial charge in [-0.1, -0.05) is 224 Å². The van der Waals surface area contributed by atoms with Crippen molar-refractivity contribution >= 4 is 165 Å². The molecule has 0 bridgehead atoms. The SMILES string of the molecule is Clc1nc(-c2ccccc2)c2c(n1)oc1ccccc12.c1ccc(-c2nc(-n3c4c5ccccc5ccc4c4ccc5oc6cc7ccccc7cc6c5c43)nc3oc4ccccc4c23)cc1.c1ccc2cc3c(cc2c1)oc1ccc2c(c13)Cc1c-2ccc2ccccc12. The topological polar surface area (TPSA) is 109 Å². The molecule has 7 aromatic heterocycles. The summed E-state index contributed by atoms with van der Waals surface area (Å²) in [4.78, 5) is 19.2. The Morgan fingerprint density at radius 2 is 0.737 bits per heavy atom. The molecule has 1 aliphatic rings. The van der Waals surface area contributed by atoms with Gasteiger partial charge in [0.25, 0.3) is 0 Å². The number of para-hydroxylation sites is 2. The quantitative estimate of drug-likeness (QED) is 0.161. The lowest BCUT2D eigenvalue weighted by molar-refractivity contribution is 0.651. The molecule has 0 N–H and O–H groups in total. The standard InChI is InChI=1S/C42H23N3O2.C27H16O.C16H9ClN2O/c1-2-11-25(12-3-1)38-37-31-16-8-9-17-33(31)47-41(37)44-42(43-38)45-39-28-15-7-6-10-24(28)18-19-29(39)30-20-21-34-36(40(30)45)32-22-26-13-4-5-14-27(26)23-35(32)46-34;1-2-7-18-14-26-24(13-17(18)6-1)27-23-15-22-19-8-4-3-5-16(19)9-10-20(22)21(23)11-12-25(27)28-26;17-16-18-14(10-6-2-1-3-7-10)13-11-8-4-5-9-12(11)20-15(13)19-16/h1-23H;1-14H,15H2;1-9H. The van der Waals surface area contributed by atoms with E-state index in [1.807, 2.05) is 91.0 Å². The van der Waals surface area contributed by atoms with Crippen LogP contribution in [0.1, 0.15) is 11.1 Å². The number of aromatic nitrogens is 5. The van der Waals surface area contributed by atoms with Crippen molar-refractivity contribution in [3.8, 4) is 39.6 Å². The van der Waals surface area contributed by atoms with Crippen LogP contribution in [-0.2, 0) is 6.42 Å². The molecule has 10 heteroatoms. The molecule has 9 nitrogen and oxygen atoms in total. The Labute approximate surface area is 544 Å². The summed E-state index contributed by atoms with van der Waals surface area (Å²) in [5.41, 5.74) is 17.5. The monoisotopic (exact) mass is 1240 g/mol. The van der Waals surface area contributed by atoms with E-state index in [2.05, 4.69) is 203 Å². The normalized spacial score (nSPS) is 12.2. The molecular formula is C85H48ClN5O4. The zero-order chi connectivity index (χ0) is 62.4. The van der Waals surface area contributed by atoms with Crippen LogP contribution in [0.15, 0.2) is 297 Å². The van der Waals surface area contributed by atoms with E-state index in [1.54, 1.807) is 0 Å². The number of rotatable bonds is 3. The third kappa shape index (κ3) is 8.29. The maximum atomic E-state index is 6.57. The maximum Gasteiger partial charge on any atom is 0.238 e. The van der Waals surface area contributed by atoms with E-state index in [0.29, 0.717) is 17.4 Å². The fourth-order valence-electron chi connectivity index (χ4n) is 14.9. The molecule has 0 fully saturated rings. The molecule has 7 heterocycles. The molecule has 14 aromatic carbocycles. The molecule has 0 unspecified atom stereocenters. The fourth-order valence-corrected chi connectivity index (χ4v) is 15.1. The van der Waals surface area contributed by atoms with Crippen molar-refractivity contribution in [1.29, 1.82) is 0 Å². The first-order valence-electron chi connectivity index (χ1n) is 31.7. The first-order chi connectivity index (χ1) is 47.0. The Morgan fingerprint density at radius 3 is 1.38 bits per heavy atom. The van der Waals surface area contributed by atoms with Crippen LogP contribution in [0.5, 0.6) is 0 Å². The number of furan rings is 4. The first kappa shape index (κ1) is 53.3. The zero-order valence-electron chi connectivity index (χ0n) is 50.5. The van der Waals surface area contributed by atoms with Gasteiger partial charge in [-0.15, -0.1) is 0 Å². The third-order valence-electron chi connectivity index (χ3n) is 19.1. The second-order valence-corrected chi connectivity index (χ2v) is 24.7. The van der Waals surface area contributed by atoms with Gasteiger partial charge in [-0.25, -0.2) is 9.97 Å². The average Bonchev–Trinajstić information content (AvgIpc) is 1.54. The van der Waals surface area contributed by atoms with Crippen LogP contribution < -0.4 is 0 Å². The summed E-state index contributed by atoms with van der Waals surface area (Å²) >= 11 is 6.02. The van der Waals surface area contributed by atoms with Crippen LogP contribution >= 0.6 is 11.6 Å². The van der Waals surface area contributed by atoms with Gasteiger partial charge in [0.1, 0.15) is 33.5 Å². The van der Waals surface area contributed by atoms with Crippen molar-refractivity contribution < 1.29 is 17.7 Å². The van der Waals surface area contributed by atoms with E-state index in [4.69, 9.17) is 39.2 Å².